The van der Waals surface area contributed by atoms with Crippen molar-refractivity contribution in [3.63, 3.8) is 0 Å². The monoisotopic (exact) mass is 446 g/mol. The van der Waals surface area contributed by atoms with Gasteiger partial charge >= 0.3 is 37.9 Å². The van der Waals surface area contributed by atoms with Gasteiger partial charge in [-0.25, -0.2) is 12.1 Å². The van der Waals surface area contributed by atoms with Crippen LogP contribution < -0.4 is 0 Å². The van der Waals surface area contributed by atoms with Crippen LogP contribution in [0.5, 0.6) is 0 Å². The van der Waals surface area contributed by atoms with Gasteiger partial charge < -0.3 is 0 Å². The Balaban J connectivity index is 0.000000165. The smallest absolute Gasteiger partial charge is 0.0771 e. The van der Waals surface area contributed by atoms with Crippen LogP contribution in [0, 0.1) is 0 Å². The quantitative estimate of drug-likeness (QED) is 0.241. The molecule has 0 bridgehead atoms. The number of halogens is 2. The summed E-state index contributed by atoms with van der Waals surface area (Å²) < 4.78 is 0. The van der Waals surface area contributed by atoms with Gasteiger partial charge in [-0.15, -0.1) is 39.7 Å². The van der Waals surface area contributed by atoms with Crippen LogP contribution in [-0.2, 0) is 26.3 Å². The van der Waals surface area contributed by atoms with E-state index >= 15 is 0 Å². The first kappa shape index (κ1) is 20.4. The van der Waals surface area contributed by atoms with Crippen LogP contribution in [0.15, 0.2) is 78.9 Å². The van der Waals surface area contributed by atoms with Crippen LogP contribution in [0.1, 0.15) is 26.3 Å². The summed E-state index contributed by atoms with van der Waals surface area (Å²) in [5.41, 5.74) is 1.74. The minimum absolute atomic E-state index is 0.323. The summed E-state index contributed by atoms with van der Waals surface area (Å²) >= 11 is -0.826. The molecule has 0 spiro atoms. The molecule has 0 aliphatic heterocycles. The average Bonchev–Trinajstić information content (AvgIpc) is 3.24. The molecule has 0 heterocycles. The molecule has 0 nitrogen and oxygen atoms in total. The summed E-state index contributed by atoms with van der Waals surface area (Å²) in [6, 6.07) is 27.8. The van der Waals surface area contributed by atoms with Crippen LogP contribution in [-0.4, -0.2) is 0 Å². The molecule has 4 aromatic rings. The summed E-state index contributed by atoms with van der Waals surface area (Å²) in [5.74, 6) is 0. The summed E-state index contributed by atoms with van der Waals surface area (Å²) in [4.78, 5) is 0. The summed E-state index contributed by atoms with van der Waals surface area (Å²) in [6.45, 7) is 6.67. The Hall–Kier alpha value is -0.877. The van der Waals surface area contributed by atoms with Crippen LogP contribution in [0.4, 0.5) is 0 Å². The van der Waals surface area contributed by atoms with E-state index in [1.54, 1.807) is 0 Å². The zero-order valence-corrected chi connectivity index (χ0v) is 18.7. The molecule has 4 aromatic carbocycles. The van der Waals surface area contributed by atoms with E-state index in [9.17, 15) is 0 Å². The molecule has 3 heteroatoms. The van der Waals surface area contributed by atoms with Crippen molar-refractivity contribution in [2.75, 3.05) is 0 Å². The van der Waals surface area contributed by atoms with Gasteiger partial charge in [0.25, 0.3) is 0 Å². The van der Waals surface area contributed by atoms with Crippen molar-refractivity contribution in [3.05, 3.63) is 84.4 Å². The van der Waals surface area contributed by atoms with E-state index in [1.165, 1.54) is 27.1 Å². The minimum atomic E-state index is -0.826. The van der Waals surface area contributed by atoms with Crippen molar-refractivity contribution < 1.29 is 20.8 Å². The van der Waals surface area contributed by atoms with Gasteiger partial charge in [0.05, 0.1) is 0 Å². The van der Waals surface area contributed by atoms with E-state index in [4.69, 9.17) is 17.0 Å². The van der Waals surface area contributed by atoms with Gasteiger partial charge in [-0.1, -0.05) is 62.6 Å². The second kappa shape index (κ2) is 9.72. The summed E-state index contributed by atoms with van der Waals surface area (Å²) in [7, 11) is 9.87. The topological polar surface area (TPSA) is 0 Å². The van der Waals surface area contributed by atoms with Gasteiger partial charge in [-0.05, 0) is 0 Å². The molecule has 0 atom stereocenters. The maximum Gasteiger partial charge on any atom is -0.0771 e. The minimum Gasteiger partial charge on any atom is -0.126 e. The largest absolute Gasteiger partial charge is 0.126 e. The van der Waals surface area contributed by atoms with Crippen molar-refractivity contribution in [2.45, 2.75) is 26.2 Å². The van der Waals surface area contributed by atoms with Crippen LogP contribution in [0.2, 0.25) is 0 Å². The first-order valence-electron chi connectivity index (χ1n) is 8.19. The third-order valence-electron chi connectivity index (χ3n) is 4.05. The van der Waals surface area contributed by atoms with Gasteiger partial charge in [-0.2, -0.15) is 17.7 Å². The first-order valence-corrected chi connectivity index (χ1v) is 14.5. The SMILES string of the molecule is CC(C)(C)[c-]1cccc1.[Cl][Zr+2][Cl].c1ccc2c(c1)[cH-]c1ccccc12. The Morgan fingerprint density at radius 1 is 0.760 bits per heavy atom. The van der Waals surface area contributed by atoms with Gasteiger partial charge in [-0.3, -0.25) is 0 Å². The number of rotatable bonds is 0. The van der Waals surface area contributed by atoms with Crippen molar-refractivity contribution in [1.29, 1.82) is 0 Å². The van der Waals surface area contributed by atoms with E-state index in [1.807, 2.05) is 0 Å². The fraction of sp³-hybridized carbons (Fsp3) is 0.182. The average molecular weight is 449 g/mol. The molecule has 0 fully saturated rings. The third kappa shape index (κ3) is 5.81. The molecule has 0 aliphatic carbocycles. The molecule has 0 aromatic heterocycles. The van der Waals surface area contributed by atoms with E-state index in [2.05, 4.69) is 99.6 Å². The van der Waals surface area contributed by atoms with E-state index < -0.39 is 20.8 Å². The molecule has 0 unspecified atom stereocenters. The zero-order chi connectivity index (χ0) is 18.3. The molecule has 0 aliphatic rings. The van der Waals surface area contributed by atoms with Crippen molar-refractivity contribution in [2.24, 2.45) is 0 Å². The van der Waals surface area contributed by atoms with Crippen LogP contribution in [0.25, 0.3) is 21.5 Å². The van der Waals surface area contributed by atoms with Crippen molar-refractivity contribution >= 4 is 38.6 Å². The molecule has 128 valence electrons. The Morgan fingerprint density at radius 2 is 1.16 bits per heavy atom. The second-order valence-corrected chi connectivity index (χ2v) is 10.5. The van der Waals surface area contributed by atoms with Crippen molar-refractivity contribution in [3.8, 4) is 0 Å². The summed E-state index contributed by atoms with van der Waals surface area (Å²) in [5, 5.41) is 5.39. The molecule has 0 radical (unpaired) electrons. The normalized spacial score (nSPS) is 10.4. The van der Waals surface area contributed by atoms with Gasteiger partial charge in [0, 0.05) is 0 Å². The summed E-state index contributed by atoms with van der Waals surface area (Å²) in [6.07, 6.45) is 0. The molecule has 4 rings (SSSR count). The van der Waals surface area contributed by atoms with Crippen LogP contribution >= 0.6 is 17.0 Å². The van der Waals surface area contributed by atoms with E-state index in [-0.39, 0.29) is 0 Å². The maximum absolute atomic E-state index is 4.93. The number of benzene rings is 2. The number of hydrogen-bond donors (Lipinski definition) is 0. The molecule has 0 N–H and O–H groups in total. The van der Waals surface area contributed by atoms with Gasteiger partial charge in [0.15, 0.2) is 0 Å². The number of hydrogen-bond acceptors (Lipinski definition) is 0. The standard InChI is InChI=1S/C13H9.C9H13.2ClH.Zr/c1-3-7-12-10(5-1)9-11-6-2-4-8-13(11)12;1-9(2,3)8-6-4-5-7-8;;;/h1-9H;4-7H,1-3H3;2*1H;/q2*-1;;;+4/p-2. The Labute approximate surface area is 169 Å². The molecular formula is C22H22Cl2Zr. The predicted molar refractivity (Wildman–Crippen MR) is 109 cm³/mol. The van der Waals surface area contributed by atoms with E-state index in [0.717, 1.165) is 0 Å². The Morgan fingerprint density at radius 3 is 1.52 bits per heavy atom. The first-order chi connectivity index (χ1) is 12.0. The molecule has 0 saturated heterocycles. The van der Waals surface area contributed by atoms with Gasteiger partial charge in [0.2, 0.25) is 0 Å². The number of fused-ring (bicyclic) bond motifs is 3. The predicted octanol–water partition coefficient (Wildman–Crippen LogP) is 7.79. The Kier molecular flexibility index (Phi) is 7.94. The fourth-order valence-electron chi connectivity index (χ4n) is 2.78. The molecule has 0 amide bonds. The zero-order valence-electron chi connectivity index (χ0n) is 14.8. The second-order valence-electron chi connectivity index (χ2n) is 6.81. The van der Waals surface area contributed by atoms with Gasteiger partial charge in [0.1, 0.15) is 0 Å². The third-order valence-corrected chi connectivity index (χ3v) is 4.05. The van der Waals surface area contributed by atoms with Crippen molar-refractivity contribution in [1.82, 2.24) is 0 Å². The maximum atomic E-state index is 4.93. The fourth-order valence-corrected chi connectivity index (χ4v) is 2.78. The molecule has 25 heavy (non-hydrogen) atoms. The molecular weight excluding hydrogens is 426 g/mol. The Bertz CT molecular complexity index is 833. The van der Waals surface area contributed by atoms with E-state index in [0.29, 0.717) is 5.41 Å². The van der Waals surface area contributed by atoms with Crippen LogP contribution in [0.3, 0.4) is 0 Å². The molecule has 0 saturated carbocycles.